The van der Waals surface area contributed by atoms with Crippen LogP contribution in [0.3, 0.4) is 0 Å². The molecule has 0 N–H and O–H groups in total. The van der Waals surface area contributed by atoms with E-state index in [1.54, 1.807) is 0 Å². The number of unbranched alkanes of at least 4 members (excludes halogenated alkanes) is 1. The number of hydrogen-bond acceptors (Lipinski definition) is 0. The fraction of sp³-hybridized carbons (Fsp3) is 0.444. The number of hydrogen-bond donors (Lipinski definition) is 0. The molecule has 0 aliphatic carbocycles. The van der Waals surface area contributed by atoms with Crippen LogP contribution in [0.5, 0.6) is 0 Å². The van der Waals surface area contributed by atoms with Crippen molar-refractivity contribution in [2.45, 2.75) is 47.0 Å². The lowest BCUT2D eigenvalue weighted by Gasteiger charge is -2.09. The summed E-state index contributed by atoms with van der Waals surface area (Å²) < 4.78 is 0. The fourth-order valence-corrected chi connectivity index (χ4v) is 1.82. The molecule has 0 bridgehead atoms. The van der Waals surface area contributed by atoms with Gasteiger partial charge in [-0.3, -0.25) is 0 Å². The minimum absolute atomic E-state index is 0.283. The zero-order valence-electron chi connectivity index (χ0n) is 12.2. The molecule has 0 radical (unpaired) electrons. The van der Waals surface area contributed by atoms with Crippen molar-refractivity contribution in [3.63, 3.8) is 0 Å². The molecule has 0 aliphatic rings. The topological polar surface area (TPSA) is 0 Å². The van der Waals surface area contributed by atoms with Crippen LogP contribution < -0.4 is 0 Å². The Balaban J connectivity index is 2.25. The van der Waals surface area contributed by atoms with E-state index in [4.69, 9.17) is 0 Å². The third-order valence-corrected chi connectivity index (χ3v) is 2.92. The lowest BCUT2D eigenvalue weighted by Crippen LogP contribution is -1.97. The summed E-state index contributed by atoms with van der Waals surface area (Å²) in [5, 5.41) is 0. The van der Waals surface area contributed by atoms with Gasteiger partial charge in [-0.25, -0.2) is 0 Å². The minimum atomic E-state index is 0.283. The second-order valence-electron chi connectivity index (χ2n) is 5.97. The number of rotatable bonds is 5. The van der Waals surface area contributed by atoms with E-state index < -0.39 is 0 Å². The highest BCUT2D eigenvalue weighted by atomic mass is 14.1. The first-order valence-electron chi connectivity index (χ1n) is 6.88. The van der Waals surface area contributed by atoms with Crippen molar-refractivity contribution in [1.29, 1.82) is 0 Å². The van der Waals surface area contributed by atoms with Gasteiger partial charge in [0.15, 0.2) is 0 Å². The molecule has 1 rings (SSSR count). The molecular formula is C18H26. The van der Waals surface area contributed by atoms with E-state index >= 15 is 0 Å². The second kappa shape index (κ2) is 7.20. The van der Waals surface area contributed by atoms with Crippen LogP contribution in [0.15, 0.2) is 48.6 Å². The summed E-state index contributed by atoms with van der Waals surface area (Å²) in [6, 6.07) is 8.66. The van der Waals surface area contributed by atoms with Crippen LogP contribution in [-0.2, 0) is 6.42 Å². The Morgan fingerprint density at radius 2 is 1.78 bits per heavy atom. The summed E-state index contributed by atoms with van der Waals surface area (Å²) in [7, 11) is 0. The van der Waals surface area contributed by atoms with E-state index in [0.717, 1.165) is 6.42 Å². The van der Waals surface area contributed by atoms with Gasteiger partial charge in [0, 0.05) is 0 Å². The van der Waals surface area contributed by atoms with Gasteiger partial charge in [0.1, 0.15) is 0 Å². The van der Waals surface area contributed by atoms with Gasteiger partial charge in [-0.05, 0) is 42.7 Å². The summed E-state index contributed by atoms with van der Waals surface area (Å²) in [5.74, 6) is 0. The van der Waals surface area contributed by atoms with E-state index in [9.17, 15) is 0 Å². The Kier molecular flexibility index (Phi) is 5.91. The van der Waals surface area contributed by atoms with Crippen molar-refractivity contribution < 1.29 is 0 Å². The maximum atomic E-state index is 2.26. The highest BCUT2D eigenvalue weighted by Gasteiger charge is 2.01. The van der Waals surface area contributed by atoms with Crippen LogP contribution in [0.2, 0.25) is 0 Å². The molecular weight excluding hydrogens is 216 g/mol. The van der Waals surface area contributed by atoms with Gasteiger partial charge in [0.05, 0.1) is 0 Å². The van der Waals surface area contributed by atoms with E-state index in [0.29, 0.717) is 0 Å². The predicted molar refractivity (Wildman–Crippen MR) is 81.9 cm³/mol. The Morgan fingerprint density at radius 1 is 1.06 bits per heavy atom. The van der Waals surface area contributed by atoms with Gasteiger partial charge in [-0.1, -0.05) is 69.3 Å². The maximum Gasteiger partial charge on any atom is -0.0200 e. The average molecular weight is 242 g/mol. The van der Waals surface area contributed by atoms with E-state index in [1.807, 2.05) is 0 Å². The van der Waals surface area contributed by atoms with Gasteiger partial charge in [0.2, 0.25) is 0 Å². The summed E-state index contributed by atoms with van der Waals surface area (Å²) in [6.45, 7) is 8.85. The zero-order chi connectivity index (χ0) is 13.4. The fourth-order valence-electron chi connectivity index (χ4n) is 1.82. The van der Waals surface area contributed by atoms with Gasteiger partial charge in [-0.15, -0.1) is 0 Å². The first kappa shape index (κ1) is 14.8. The molecule has 0 fully saturated rings. The molecule has 0 heteroatoms. The van der Waals surface area contributed by atoms with Crippen molar-refractivity contribution in [2.75, 3.05) is 0 Å². The predicted octanol–water partition coefficient (Wildman–Crippen LogP) is 5.48. The SMILES string of the molecule is Cc1ccccc1CCC/C=C\C=C/C(C)(C)C. The Morgan fingerprint density at radius 3 is 2.44 bits per heavy atom. The van der Waals surface area contributed by atoms with Crippen molar-refractivity contribution in [3.8, 4) is 0 Å². The average Bonchev–Trinajstić information content (AvgIpc) is 2.28. The highest BCUT2D eigenvalue weighted by molar-refractivity contribution is 5.25. The molecule has 0 saturated heterocycles. The largest absolute Gasteiger partial charge is 0.0845 e. The van der Waals surface area contributed by atoms with Gasteiger partial charge < -0.3 is 0 Å². The number of allylic oxidation sites excluding steroid dienone is 4. The minimum Gasteiger partial charge on any atom is -0.0845 e. The molecule has 1 aromatic rings. The molecule has 18 heavy (non-hydrogen) atoms. The van der Waals surface area contributed by atoms with Gasteiger partial charge in [0.25, 0.3) is 0 Å². The summed E-state index contributed by atoms with van der Waals surface area (Å²) in [4.78, 5) is 0. The first-order valence-corrected chi connectivity index (χ1v) is 6.88. The Bertz CT molecular complexity index is 402. The lowest BCUT2D eigenvalue weighted by molar-refractivity contribution is 0.544. The third kappa shape index (κ3) is 6.44. The standard InChI is InChI=1S/C18H26/c1-16-12-9-10-14-17(16)13-8-6-5-7-11-15-18(2,3)4/h5,7,9-12,14-15H,6,8,13H2,1-4H3/b7-5-,15-11-. The summed E-state index contributed by atoms with van der Waals surface area (Å²) in [5.41, 5.74) is 3.18. The van der Waals surface area contributed by atoms with Crippen LogP contribution in [0, 0.1) is 12.3 Å². The van der Waals surface area contributed by atoms with Crippen LogP contribution in [0.25, 0.3) is 0 Å². The van der Waals surface area contributed by atoms with Crippen molar-refractivity contribution in [1.82, 2.24) is 0 Å². The smallest absolute Gasteiger partial charge is 0.0200 e. The summed E-state index contributed by atoms with van der Waals surface area (Å²) in [6.07, 6.45) is 12.4. The molecule has 98 valence electrons. The quantitative estimate of drug-likeness (QED) is 0.474. The van der Waals surface area contributed by atoms with Crippen molar-refractivity contribution in [3.05, 3.63) is 59.7 Å². The van der Waals surface area contributed by atoms with Crippen molar-refractivity contribution >= 4 is 0 Å². The molecule has 0 spiro atoms. The molecule has 0 nitrogen and oxygen atoms in total. The third-order valence-electron chi connectivity index (χ3n) is 2.92. The highest BCUT2D eigenvalue weighted by Crippen LogP contribution is 2.14. The van der Waals surface area contributed by atoms with Crippen LogP contribution in [0.4, 0.5) is 0 Å². The van der Waals surface area contributed by atoms with Gasteiger partial charge >= 0.3 is 0 Å². The molecule has 0 saturated carbocycles. The molecule has 0 aromatic heterocycles. The molecule has 0 aliphatic heterocycles. The van der Waals surface area contributed by atoms with Crippen LogP contribution in [0.1, 0.15) is 44.7 Å². The van der Waals surface area contributed by atoms with Crippen LogP contribution in [-0.4, -0.2) is 0 Å². The Labute approximate surface area is 112 Å². The number of aryl methyl sites for hydroxylation is 2. The number of benzene rings is 1. The maximum absolute atomic E-state index is 2.26. The van der Waals surface area contributed by atoms with E-state index in [-0.39, 0.29) is 5.41 Å². The van der Waals surface area contributed by atoms with Crippen molar-refractivity contribution in [2.24, 2.45) is 5.41 Å². The zero-order valence-corrected chi connectivity index (χ0v) is 12.2. The molecule has 0 amide bonds. The second-order valence-corrected chi connectivity index (χ2v) is 5.97. The Hall–Kier alpha value is -1.30. The van der Waals surface area contributed by atoms with Crippen LogP contribution >= 0.6 is 0 Å². The first-order chi connectivity index (χ1) is 8.49. The van der Waals surface area contributed by atoms with E-state index in [2.05, 4.69) is 76.3 Å². The summed E-state index contributed by atoms with van der Waals surface area (Å²) >= 11 is 0. The normalized spacial score (nSPS) is 12.7. The molecule has 0 heterocycles. The molecule has 1 aromatic carbocycles. The molecule has 0 atom stereocenters. The van der Waals surface area contributed by atoms with E-state index in [1.165, 1.54) is 24.0 Å². The van der Waals surface area contributed by atoms with Gasteiger partial charge in [-0.2, -0.15) is 0 Å². The molecule has 0 unspecified atom stereocenters. The lowest BCUT2D eigenvalue weighted by atomic mass is 9.96. The monoisotopic (exact) mass is 242 g/mol.